The highest BCUT2D eigenvalue weighted by atomic mass is 35.5. The number of halogens is 2. The highest BCUT2D eigenvalue weighted by Gasteiger charge is 2.47. The van der Waals surface area contributed by atoms with Crippen LogP contribution in [-0.2, 0) is 14.9 Å². The molecule has 0 radical (unpaired) electrons. The van der Waals surface area contributed by atoms with E-state index in [9.17, 15) is 4.79 Å². The molecule has 0 aromatic heterocycles. The lowest BCUT2D eigenvalue weighted by Crippen LogP contribution is -2.49. The summed E-state index contributed by atoms with van der Waals surface area (Å²) < 4.78 is 5.59. The second kappa shape index (κ2) is 8.04. The van der Waals surface area contributed by atoms with Gasteiger partial charge in [-0.15, -0.1) is 11.8 Å². The molecule has 2 fully saturated rings. The summed E-state index contributed by atoms with van der Waals surface area (Å²) in [6, 6.07) is 15.7. The van der Waals surface area contributed by atoms with Crippen molar-refractivity contribution < 1.29 is 9.53 Å². The standard InChI is InChI=1S/C21H21Cl2NO2S/c22-16-6-7-17(18(23)14-16)19-24(10-13-27-19)20(25)21(8-11-26-12-9-21)15-4-2-1-3-5-15/h1-7,14,19H,8-13H2. The van der Waals surface area contributed by atoms with Gasteiger partial charge in [0.25, 0.3) is 0 Å². The molecule has 3 nitrogen and oxygen atoms in total. The molecule has 0 spiro atoms. The summed E-state index contributed by atoms with van der Waals surface area (Å²) in [6.07, 6.45) is 1.41. The highest BCUT2D eigenvalue weighted by Crippen LogP contribution is 2.46. The minimum absolute atomic E-state index is 0.0781. The van der Waals surface area contributed by atoms with Gasteiger partial charge in [-0.2, -0.15) is 0 Å². The molecule has 2 aliphatic heterocycles. The first-order chi connectivity index (χ1) is 13.1. The van der Waals surface area contributed by atoms with Gasteiger partial charge >= 0.3 is 0 Å². The Kier molecular flexibility index (Phi) is 5.70. The molecule has 2 aliphatic rings. The summed E-state index contributed by atoms with van der Waals surface area (Å²) in [5.74, 6) is 1.08. The lowest BCUT2D eigenvalue weighted by Gasteiger charge is -2.40. The number of thioether (sulfide) groups is 1. The van der Waals surface area contributed by atoms with Gasteiger partial charge in [0.05, 0.1) is 5.41 Å². The molecule has 2 aromatic rings. The number of rotatable bonds is 3. The summed E-state index contributed by atoms with van der Waals surface area (Å²) in [5, 5.41) is 1.14. The van der Waals surface area contributed by atoms with E-state index in [1.807, 2.05) is 35.2 Å². The fourth-order valence-electron chi connectivity index (χ4n) is 4.02. The van der Waals surface area contributed by atoms with Gasteiger partial charge in [-0.3, -0.25) is 4.79 Å². The van der Waals surface area contributed by atoms with Gasteiger partial charge in [0, 0.05) is 41.1 Å². The first kappa shape index (κ1) is 19.1. The third kappa shape index (κ3) is 3.61. The van der Waals surface area contributed by atoms with Crippen LogP contribution >= 0.6 is 35.0 Å². The molecule has 1 amide bonds. The highest BCUT2D eigenvalue weighted by molar-refractivity contribution is 7.99. The van der Waals surface area contributed by atoms with Crippen LogP contribution in [0.25, 0.3) is 0 Å². The van der Waals surface area contributed by atoms with Crippen molar-refractivity contribution in [1.29, 1.82) is 0 Å². The van der Waals surface area contributed by atoms with Crippen LogP contribution in [-0.4, -0.2) is 36.3 Å². The van der Waals surface area contributed by atoms with Crippen molar-refractivity contribution >= 4 is 40.9 Å². The summed E-state index contributed by atoms with van der Waals surface area (Å²) in [4.78, 5) is 15.9. The predicted octanol–water partition coefficient (Wildman–Crippen LogP) is 5.32. The number of hydrogen-bond acceptors (Lipinski definition) is 3. The number of amides is 1. The average molecular weight is 422 g/mol. The van der Waals surface area contributed by atoms with Crippen LogP contribution in [0, 0.1) is 0 Å². The topological polar surface area (TPSA) is 29.5 Å². The van der Waals surface area contributed by atoms with Crippen molar-refractivity contribution in [1.82, 2.24) is 4.90 Å². The molecule has 2 heterocycles. The summed E-state index contributed by atoms with van der Waals surface area (Å²) in [6.45, 7) is 1.94. The minimum Gasteiger partial charge on any atom is -0.381 e. The number of hydrogen-bond donors (Lipinski definition) is 0. The fraction of sp³-hybridized carbons (Fsp3) is 0.381. The molecule has 0 N–H and O–H groups in total. The molecule has 27 heavy (non-hydrogen) atoms. The van der Waals surface area contributed by atoms with Gasteiger partial charge in [-0.1, -0.05) is 59.6 Å². The van der Waals surface area contributed by atoms with Crippen molar-refractivity contribution in [2.24, 2.45) is 0 Å². The summed E-state index contributed by atoms with van der Waals surface area (Å²) in [5.41, 5.74) is 1.50. The Morgan fingerprint density at radius 3 is 2.56 bits per heavy atom. The largest absolute Gasteiger partial charge is 0.381 e. The number of carbonyl (C=O) groups excluding carboxylic acids is 1. The molecule has 1 atom stereocenters. The Labute approximate surface area is 174 Å². The minimum atomic E-state index is -0.526. The van der Waals surface area contributed by atoms with Crippen LogP contribution in [0.4, 0.5) is 0 Å². The van der Waals surface area contributed by atoms with Gasteiger partial charge in [0.1, 0.15) is 5.37 Å². The van der Waals surface area contributed by atoms with E-state index in [1.54, 1.807) is 17.8 Å². The Morgan fingerprint density at radius 2 is 1.85 bits per heavy atom. The molecular formula is C21H21Cl2NO2S. The molecule has 1 unspecified atom stereocenters. The maximum Gasteiger partial charge on any atom is 0.234 e. The van der Waals surface area contributed by atoms with Crippen molar-refractivity contribution in [3.05, 3.63) is 69.7 Å². The van der Waals surface area contributed by atoms with E-state index < -0.39 is 5.41 Å². The van der Waals surface area contributed by atoms with Gasteiger partial charge < -0.3 is 9.64 Å². The molecule has 2 aromatic carbocycles. The van der Waals surface area contributed by atoms with Crippen LogP contribution in [0.5, 0.6) is 0 Å². The fourth-order valence-corrected chi connectivity index (χ4v) is 5.88. The van der Waals surface area contributed by atoms with Crippen molar-refractivity contribution in [2.45, 2.75) is 23.6 Å². The SMILES string of the molecule is O=C(N1CCSC1c1ccc(Cl)cc1Cl)C1(c2ccccc2)CCOCC1. The van der Waals surface area contributed by atoms with Crippen LogP contribution in [0.2, 0.25) is 10.0 Å². The van der Waals surface area contributed by atoms with Gasteiger partial charge in [-0.25, -0.2) is 0 Å². The van der Waals surface area contributed by atoms with Gasteiger partial charge in [0.2, 0.25) is 5.91 Å². The lowest BCUT2D eigenvalue weighted by molar-refractivity contribution is -0.141. The van der Waals surface area contributed by atoms with E-state index in [4.69, 9.17) is 27.9 Å². The zero-order valence-electron chi connectivity index (χ0n) is 14.9. The van der Waals surface area contributed by atoms with Crippen molar-refractivity contribution in [3.8, 4) is 0 Å². The third-order valence-electron chi connectivity index (χ3n) is 5.46. The van der Waals surface area contributed by atoms with Crippen molar-refractivity contribution in [3.63, 3.8) is 0 Å². The molecular weight excluding hydrogens is 401 g/mol. The maximum absolute atomic E-state index is 13.9. The monoisotopic (exact) mass is 421 g/mol. The summed E-state index contributed by atoms with van der Waals surface area (Å²) >= 11 is 14.3. The maximum atomic E-state index is 13.9. The second-order valence-corrected chi connectivity index (χ2v) is 8.98. The summed E-state index contributed by atoms with van der Waals surface area (Å²) in [7, 11) is 0. The smallest absolute Gasteiger partial charge is 0.234 e. The average Bonchev–Trinajstić information content (AvgIpc) is 3.18. The van der Waals surface area contributed by atoms with Gasteiger partial charge in [0.15, 0.2) is 0 Å². The van der Waals surface area contributed by atoms with E-state index in [0.29, 0.717) is 36.1 Å². The quantitative estimate of drug-likeness (QED) is 0.671. The van der Waals surface area contributed by atoms with Crippen LogP contribution in [0.15, 0.2) is 48.5 Å². The van der Waals surface area contributed by atoms with Crippen LogP contribution in [0.1, 0.15) is 29.3 Å². The van der Waals surface area contributed by atoms with E-state index >= 15 is 0 Å². The Balaban J connectivity index is 1.70. The first-order valence-corrected chi connectivity index (χ1v) is 10.9. The van der Waals surface area contributed by atoms with Gasteiger partial charge in [-0.05, 0) is 30.5 Å². The van der Waals surface area contributed by atoms with Crippen molar-refractivity contribution in [2.75, 3.05) is 25.5 Å². The molecule has 142 valence electrons. The molecule has 6 heteroatoms. The zero-order valence-corrected chi connectivity index (χ0v) is 17.2. The predicted molar refractivity (Wildman–Crippen MR) is 112 cm³/mol. The number of carbonyl (C=O) groups is 1. The second-order valence-electron chi connectivity index (χ2n) is 6.95. The Bertz CT molecular complexity index is 824. The molecule has 2 saturated heterocycles. The Hall–Kier alpha value is -1.20. The molecule has 0 bridgehead atoms. The van der Waals surface area contributed by atoms with E-state index in [0.717, 1.165) is 23.4 Å². The third-order valence-corrected chi connectivity index (χ3v) is 7.27. The van der Waals surface area contributed by atoms with Crippen LogP contribution in [0.3, 0.4) is 0 Å². The zero-order chi connectivity index (χ0) is 18.9. The number of ether oxygens (including phenoxy) is 1. The lowest BCUT2D eigenvalue weighted by atomic mass is 9.73. The van der Waals surface area contributed by atoms with Crippen LogP contribution < -0.4 is 0 Å². The normalized spacial score (nSPS) is 22.0. The first-order valence-electron chi connectivity index (χ1n) is 9.13. The van der Waals surface area contributed by atoms with E-state index in [2.05, 4.69) is 12.1 Å². The van der Waals surface area contributed by atoms with E-state index in [-0.39, 0.29) is 11.3 Å². The van der Waals surface area contributed by atoms with E-state index in [1.165, 1.54) is 0 Å². The molecule has 0 aliphatic carbocycles. The number of benzene rings is 2. The number of nitrogens with zero attached hydrogens (tertiary/aromatic N) is 1. The molecule has 4 rings (SSSR count). The molecule has 0 saturated carbocycles. The Morgan fingerprint density at radius 1 is 1.11 bits per heavy atom.